The molecule has 4 aromatic rings. The Kier molecular flexibility index (Phi) is 7.45. The van der Waals surface area contributed by atoms with Gasteiger partial charge in [-0.1, -0.05) is 46.9 Å². The molecule has 0 spiro atoms. The third-order valence-electron chi connectivity index (χ3n) is 5.36. The first-order valence-corrected chi connectivity index (χ1v) is 11.6. The number of aromatic nitrogens is 4. The zero-order chi connectivity index (χ0) is 25.1. The van der Waals surface area contributed by atoms with Gasteiger partial charge in [-0.25, -0.2) is 14.5 Å². The van der Waals surface area contributed by atoms with Crippen LogP contribution in [0.4, 0.5) is 0 Å². The fraction of sp³-hybridized carbons (Fsp3) is 0.167. The number of aromatic amines is 1. The van der Waals surface area contributed by atoms with Crippen LogP contribution < -0.4 is 5.32 Å². The van der Waals surface area contributed by atoms with Gasteiger partial charge in [0.1, 0.15) is 6.04 Å². The first-order chi connectivity index (χ1) is 16.8. The predicted molar refractivity (Wildman–Crippen MR) is 134 cm³/mol. The van der Waals surface area contributed by atoms with Gasteiger partial charge in [0.15, 0.2) is 5.69 Å². The highest BCUT2D eigenvalue weighted by Crippen LogP contribution is 2.33. The lowest BCUT2D eigenvalue weighted by molar-refractivity contribution is -0.142. The molecule has 2 aromatic carbocycles. The first-order valence-electron chi connectivity index (χ1n) is 10.5. The molecule has 35 heavy (non-hydrogen) atoms. The molecular weight excluding hydrogens is 513 g/mol. The molecule has 1 atom stereocenters. The molecule has 2 aromatic heterocycles. The Morgan fingerprint density at radius 2 is 1.83 bits per heavy atom. The molecule has 0 saturated carbocycles. The van der Waals surface area contributed by atoms with E-state index < -0.39 is 17.9 Å². The molecule has 4 rings (SSSR count). The normalized spacial score (nSPS) is 11.8. The van der Waals surface area contributed by atoms with Gasteiger partial charge in [0.25, 0.3) is 5.91 Å². The fourth-order valence-corrected chi connectivity index (χ4v) is 4.28. The van der Waals surface area contributed by atoms with Crippen molar-refractivity contribution < 1.29 is 14.3 Å². The van der Waals surface area contributed by atoms with E-state index in [1.54, 1.807) is 48.1 Å². The van der Waals surface area contributed by atoms with E-state index in [1.165, 1.54) is 13.4 Å². The number of H-pyrrole nitrogens is 1. The van der Waals surface area contributed by atoms with Crippen molar-refractivity contribution >= 4 is 46.7 Å². The van der Waals surface area contributed by atoms with Gasteiger partial charge in [-0.05, 0) is 37.3 Å². The zero-order valence-corrected chi connectivity index (χ0v) is 20.9. The second-order valence-corrected chi connectivity index (χ2v) is 8.95. The second kappa shape index (κ2) is 10.5. The molecule has 0 fully saturated rings. The Bertz CT molecular complexity index is 1370. The molecule has 0 aliphatic rings. The van der Waals surface area contributed by atoms with Gasteiger partial charge >= 0.3 is 5.97 Å². The lowest BCUT2D eigenvalue weighted by atomic mass is 10.1. The number of rotatable bonds is 7. The van der Waals surface area contributed by atoms with E-state index in [0.29, 0.717) is 37.7 Å². The van der Waals surface area contributed by atoms with Crippen LogP contribution in [0.25, 0.3) is 16.9 Å². The monoisotopic (exact) mass is 531 g/mol. The number of ether oxygens (including phenoxy) is 1. The number of halogens is 3. The average molecular weight is 533 g/mol. The Labute approximate surface area is 216 Å². The summed E-state index contributed by atoms with van der Waals surface area (Å²) in [4.78, 5) is 32.6. The van der Waals surface area contributed by atoms with Gasteiger partial charge in [0.05, 0.1) is 29.8 Å². The number of nitrogens with zero attached hydrogens (tertiary/aromatic N) is 3. The number of hydrogen-bond donors (Lipinski definition) is 2. The van der Waals surface area contributed by atoms with Crippen molar-refractivity contribution in [2.75, 3.05) is 7.11 Å². The molecule has 2 N–H and O–H groups in total. The highest BCUT2D eigenvalue weighted by molar-refractivity contribution is 6.35. The topological polar surface area (TPSA) is 102 Å². The number of hydrogen-bond acceptors (Lipinski definition) is 5. The van der Waals surface area contributed by atoms with Crippen LogP contribution in [0, 0.1) is 6.92 Å². The Morgan fingerprint density at radius 3 is 2.46 bits per heavy atom. The first kappa shape index (κ1) is 24.8. The van der Waals surface area contributed by atoms with Crippen LogP contribution in [-0.2, 0) is 16.0 Å². The third-order valence-corrected chi connectivity index (χ3v) is 6.15. The van der Waals surface area contributed by atoms with Crippen LogP contribution >= 0.6 is 34.8 Å². The summed E-state index contributed by atoms with van der Waals surface area (Å²) in [5, 5.41) is 8.69. The maximum Gasteiger partial charge on any atom is 0.328 e. The van der Waals surface area contributed by atoms with E-state index in [-0.39, 0.29) is 12.1 Å². The van der Waals surface area contributed by atoms with Crippen LogP contribution in [-0.4, -0.2) is 44.8 Å². The molecule has 0 aliphatic carbocycles. The van der Waals surface area contributed by atoms with Crippen molar-refractivity contribution in [3.63, 3.8) is 0 Å². The SMILES string of the molecule is COC(=O)[C@H](Cc1cnc[nH]1)NC(=O)c1nn(-c2ccc(Cl)cc2Cl)c(-c2ccc(Cl)cc2)c1C. The number of carbonyl (C=O) groups excluding carboxylic acids is 2. The molecule has 11 heteroatoms. The molecule has 2 heterocycles. The summed E-state index contributed by atoms with van der Waals surface area (Å²) in [6.07, 6.45) is 3.24. The van der Waals surface area contributed by atoms with E-state index in [1.807, 2.05) is 12.1 Å². The van der Waals surface area contributed by atoms with Crippen molar-refractivity contribution in [1.29, 1.82) is 0 Å². The largest absolute Gasteiger partial charge is 0.467 e. The number of nitrogens with one attached hydrogen (secondary N) is 2. The molecule has 1 amide bonds. The number of esters is 1. The number of methoxy groups -OCH3 is 1. The van der Waals surface area contributed by atoms with Crippen molar-refractivity contribution in [2.45, 2.75) is 19.4 Å². The molecule has 0 bridgehead atoms. The molecule has 0 unspecified atom stereocenters. The van der Waals surface area contributed by atoms with Crippen LogP contribution in [0.3, 0.4) is 0 Å². The highest BCUT2D eigenvalue weighted by atomic mass is 35.5. The number of imidazole rings is 1. The molecular formula is C24H20Cl3N5O3. The number of amides is 1. The van der Waals surface area contributed by atoms with Gasteiger partial charge in [-0.3, -0.25) is 4.79 Å². The Hall–Kier alpha value is -3.33. The van der Waals surface area contributed by atoms with Crippen LogP contribution in [0.1, 0.15) is 21.7 Å². The van der Waals surface area contributed by atoms with E-state index in [9.17, 15) is 9.59 Å². The predicted octanol–water partition coefficient (Wildman–Crippen LogP) is 5.05. The van der Waals surface area contributed by atoms with Crippen LogP contribution in [0.2, 0.25) is 15.1 Å². The molecule has 8 nitrogen and oxygen atoms in total. The van der Waals surface area contributed by atoms with Crippen LogP contribution in [0.5, 0.6) is 0 Å². The van der Waals surface area contributed by atoms with Crippen molar-refractivity contribution in [3.8, 4) is 16.9 Å². The van der Waals surface area contributed by atoms with E-state index in [4.69, 9.17) is 39.5 Å². The van der Waals surface area contributed by atoms with Crippen molar-refractivity contribution in [2.24, 2.45) is 0 Å². The molecule has 0 aliphatic heterocycles. The summed E-state index contributed by atoms with van der Waals surface area (Å²) in [5.74, 6) is -1.14. The quantitative estimate of drug-likeness (QED) is 0.325. The van der Waals surface area contributed by atoms with Crippen molar-refractivity contribution in [3.05, 3.63) is 87.0 Å². The maximum atomic E-state index is 13.4. The Balaban J connectivity index is 1.77. The van der Waals surface area contributed by atoms with Gasteiger partial charge in [0, 0.05) is 39.5 Å². The third kappa shape index (κ3) is 5.35. The standard InChI is InChI=1S/C24H20Cl3N5O3/c1-13-21(23(33)30-19(24(34)35-2)10-17-11-28-12-29-17)31-32(20-8-7-16(26)9-18(20)27)22(13)14-3-5-15(25)6-4-14/h3-9,11-12,19H,10H2,1-2H3,(H,28,29)(H,30,33)/t19-/m0/s1. The summed E-state index contributed by atoms with van der Waals surface area (Å²) >= 11 is 18.6. The van der Waals surface area contributed by atoms with E-state index >= 15 is 0 Å². The van der Waals surface area contributed by atoms with Crippen LogP contribution in [0.15, 0.2) is 55.0 Å². The highest BCUT2D eigenvalue weighted by Gasteiger charge is 2.28. The molecule has 0 radical (unpaired) electrons. The fourth-order valence-electron chi connectivity index (χ4n) is 3.66. The number of carbonyl (C=O) groups is 2. The second-order valence-electron chi connectivity index (χ2n) is 7.67. The minimum absolute atomic E-state index is 0.125. The average Bonchev–Trinajstić information content (AvgIpc) is 3.46. The van der Waals surface area contributed by atoms with Gasteiger partial charge in [-0.2, -0.15) is 5.10 Å². The summed E-state index contributed by atoms with van der Waals surface area (Å²) in [6, 6.07) is 11.2. The number of benzene rings is 2. The summed E-state index contributed by atoms with van der Waals surface area (Å²) < 4.78 is 6.46. The molecule has 0 saturated heterocycles. The van der Waals surface area contributed by atoms with E-state index in [0.717, 1.165) is 5.56 Å². The van der Waals surface area contributed by atoms with E-state index in [2.05, 4.69) is 20.4 Å². The van der Waals surface area contributed by atoms with Gasteiger partial charge in [-0.15, -0.1) is 0 Å². The smallest absolute Gasteiger partial charge is 0.328 e. The summed E-state index contributed by atoms with van der Waals surface area (Å²) in [6.45, 7) is 1.77. The Morgan fingerprint density at radius 1 is 1.11 bits per heavy atom. The zero-order valence-electron chi connectivity index (χ0n) is 18.7. The van der Waals surface area contributed by atoms with Gasteiger partial charge < -0.3 is 15.0 Å². The summed E-state index contributed by atoms with van der Waals surface area (Å²) in [5.41, 5.74) is 3.31. The van der Waals surface area contributed by atoms with Gasteiger partial charge in [0.2, 0.25) is 0 Å². The maximum absolute atomic E-state index is 13.4. The summed E-state index contributed by atoms with van der Waals surface area (Å²) in [7, 11) is 1.26. The lowest BCUT2D eigenvalue weighted by Crippen LogP contribution is -2.43. The van der Waals surface area contributed by atoms with Crippen molar-refractivity contribution in [1.82, 2.24) is 25.1 Å². The lowest BCUT2D eigenvalue weighted by Gasteiger charge is -2.15. The molecule has 180 valence electrons. The minimum Gasteiger partial charge on any atom is -0.467 e. The minimum atomic E-state index is -0.949.